The number of aryl methyl sites for hydroxylation is 2. The number of nitrogens with zero attached hydrogens (tertiary/aromatic N) is 4. The summed E-state index contributed by atoms with van der Waals surface area (Å²) in [7, 11) is 0. The first-order chi connectivity index (χ1) is 15.0. The molecule has 2 aromatic heterocycles. The van der Waals surface area contributed by atoms with Gasteiger partial charge in [0, 0.05) is 18.2 Å². The molecule has 3 heterocycles. The molecular formula is C21H23N5O2S3. The van der Waals surface area contributed by atoms with E-state index in [9.17, 15) is 9.59 Å². The number of rotatable bonds is 8. The number of hydrogen-bond acceptors (Lipinski definition) is 8. The Labute approximate surface area is 193 Å². The topological polar surface area (TPSA) is 89.8 Å². The van der Waals surface area contributed by atoms with Crippen molar-refractivity contribution in [2.45, 2.75) is 55.0 Å². The van der Waals surface area contributed by atoms with Crippen LogP contribution in [0.2, 0.25) is 0 Å². The molecule has 31 heavy (non-hydrogen) atoms. The van der Waals surface area contributed by atoms with Crippen molar-refractivity contribution >= 4 is 45.9 Å². The van der Waals surface area contributed by atoms with Gasteiger partial charge in [0.15, 0.2) is 5.16 Å². The van der Waals surface area contributed by atoms with E-state index in [0.717, 1.165) is 40.4 Å². The minimum Gasteiger partial charge on any atom is -0.300 e. The van der Waals surface area contributed by atoms with Gasteiger partial charge in [-0.15, -0.1) is 22.0 Å². The molecule has 162 valence electrons. The third-order valence-electron chi connectivity index (χ3n) is 4.78. The number of anilines is 1. The van der Waals surface area contributed by atoms with Gasteiger partial charge in [0.2, 0.25) is 11.0 Å². The molecule has 0 saturated heterocycles. The lowest BCUT2D eigenvalue weighted by molar-refractivity contribution is -0.113. The number of amides is 1. The Morgan fingerprint density at radius 3 is 2.84 bits per heavy atom. The van der Waals surface area contributed by atoms with E-state index in [-0.39, 0.29) is 17.2 Å². The Bertz CT molecular complexity index is 1130. The van der Waals surface area contributed by atoms with E-state index >= 15 is 0 Å². The zero-order chi connectivity index (χ0) is 21.8. The number of carbonyl (C=O) groups is 1. The zero-order valence-electron chi connectivity index (χ0n) is 17.3. The van der Waals surface area contributed by atoms with E-state index in [1.54, 1.807) is 16.3 Å². The summed E-state index contributed by atoms with van der Waals surface area (Å²) in [6.45, 7) is 4.63. The molecule has 0 fully saturated rings. The van der Waals surface area contributed by atoms with Crippen molar-refractivity contribution in [1.29, 1.82) is 0 Å². The predicted molar refractivity (Wildman–Crippen MR) is 126 cm³/mol. The van der Waals surface area contributed by atoms with Crippen LogP contribution in [0, 0.1) is 0 Å². The van der Waals surface area contributed by atoms with Gasteiger partial charge in [-0.05, 0) is 18.4 Å². The number of fused-ring (bicyclic) bond motifs is 1. The summed E-state index contributed by atoms with van der Waals surface area (Å²) in [5.41, 5.74) is 2.00. The van der Waals surface area contributed by atoms with Gasteiger partial charge in [-0.1, -0.05) is 67.3 Å². The minimum atomic E-state index is -0.184. The molecule has 0 aliphatic carbocycles. The molecule has 10 heteroatoms. The van der Waals surface area contributed by atoms with E-state index in [1.807, 2.05) is 25.1 Å². The first-order valence-electron chi connectivity index (χ1n) is 10.1. The summed E-state index contributed by atoms with van der Waals surface area (Å²) in [5, 5.41) is 13.1. The highest BCUT2D eigenvalue weighted by Gasteiger charge is 2.26. The Morgan fingerprint density at radius 2 is 2.10 bits per heavy atom. The molecule has 1 aliphatic heterocycles. The maximum atomic E-state index is 13.2. The van der Waals surface area contributed by atoms with Crippen LogP contribution in [-0.2, 0) is 30.6 Å². The summed E-state index contributed by atoms with van der Waals surface area (Å²) in [4.78, 5) is 31.1. The molecule has 0 radical (unpaired) electrons. The number of hydrogen-bond donors (Lipinski definition) is 1. The summed E-state index contributed by atoms with van der Waals surface area (Å²) in [6.07, 6.45) is 2.29. The van der Waals surface area contributed by atoms with Gasteiger partial charge in [0.05, 0.1) is 16.3 Å². The van der Waals surface area contributed by atoms with Gasteiger partial charge in [-0.2, -0.15) is 0 Å². The normalized spacial score (nSPS) is 15.1. The molecule has 1 N–H and O–H groups in total. The van der Waals surface area contributed by atoms with Crippen LogP contribution in [0.15, 0.2) is 45.2 Å². The number of nitrogens with one attached hydrogen (secondary N) is 1. The summed E-state index contributed by atoms with van der Waals surface area (Å²) >= 11 is 4.26. The number of aromatic nitrogens is 4. The third kappa shape index (κ3) is 5.36. The fourth-order valence-corrected chi connectivity index (χ4v) is 5.91. The van der Waals surface area contributed by atoms with E-state index in [4.69, 9.17) is 4.98 Å². The Morgan fingerprint density at radius 1 is 1.29 bits per heavy atom. The largest absolute Gasteiger partial charge is 0.300 e. The molecule has 0 unspecified atom stereocenters. The Kier molecular flexibility index (Phi) is 7.09. The average Bonchev–Trinajstić information content (AvgIpc) is 3.38. The van der Waals surface area contributed by atoms with Crippen LogP contribution in [0.5, 0.6) is 0 Å². The standard InChI is InChI=1S/C21H23N5O2S3/c1-3-17-24-25-20(31-17)23-16(27)12-29-21-22-15-11-13(2)30-18(15)19(28)26(21)10-9-14-7-5-4-6-8-14/h4-8,13H,3,9-12H2,1-2H3,(H,23,25,27)/t13-/m1/s1. The summed E-state index contributed by atoms with van der Waals surface area (Å²) < 4.78 is 1.72. The average molecular weight is 474 g/mol. The molecule has 0 spiro atoms. The van der Waals surface area contributed by atoms with Gasteiger partial charge in [-0.25, -0.2) is 4.98 Å². The zero-order valence-corrected chi connectivity index (χ0v) is 19.8. The van der Waals surface area contributed by atoms with Gasteiger partial charge in [0.25, 0.3) is 5.56 Å². The first kappa shape index (κ1) is 22.0. The molecule has 4 rings (SSSR count). The maximum Gasteiger partial charge on any atom is 0.268 e. The molecule has 0 bridgehead atoms. The van der Waals surface area contributed by atoms with Crippen molar-refractivity contribution in [3.8, 4) is 0 Å². The minimum absolute atomic E-state index is 0.00472. The second-order valence-corrected chi connectivity index (χ2v) is 10.6. The third-order valence-corrected chi connectivity index (χ3v) is 7.95. The number of benzene rings is 1. The van der Waals surface area contributed by atoms with Crippen LogP contribution < -0.4 is 10.9 Å². The summed E-state index contributed by atoms with van der Waals surface area (Å²) in [6, 6.07) is 10.1. The molecule has 1 aromatic carbocycles. The molecule has 7 nitrogen and oxygen atoms in total. The molecule has 1 aliphatic rings. The monoisotopic (exact) mass is 473 g/mol. The van der Waals surface area contributed by atoms with E-state index in [1.165, 1.54) is 23.1 Å². The Balaban J connectivity index is 1.51. The van der Waals surface area contributed by atoms with E-state index in [0.29, 0.717) is 22.1 Å². The van der Waals surface area contributed by atoms with Crippen molar-refractivity contribution in [3.05, 3.63) is 57.0 Å². The quantitative estimate of drug-likeness (QED) is 0.394. The van der Waals surface area contributed by atoms with Crippen LogP contribution in [0.3, 0.4) is 0 Å². The van der Waals surface area contributed by atoms with Crippen LogP contribution >= 0.6 is 34.9 Å². The highest BCUT2D eigenvalue weighted by atomic mass is 32.2. The smallest absolute Gasteiger partial charge is 0.268 e. The van der Waals surface area contributed by atoms with Gasteiger partial charge in [0.1, 0.15) is 5.01 Å². The second-order valence-electron chi connectivity index (χ2n) is 7.19. The van der Waals surface area contributed by atoms with Crippen molar-refractivity contribution in [1.82, 2.24) is 19.7 Å². The van der Waals surface area contributed by atoms with Gasteiger partial charge >= 0.3 is 0 Å². The van der Waals surface area contributed by atoms with Gasteiger partial charge < -0.3 is 0 Å². The highest BCUT2D eigenvalue weighted by Crippen LogP contribution is 2.34. The van der Waals surface area contributed by atoms with Crippen molar-refractivity contribution in [2.24, 2.45) is 0 Å². The van der Waals surface area contributed by atoms with Crippen LogP contribution in [0.1, 0.15) is 30.1 Å². The molecular weight excluding hydrogens is 450 g/mol. The number of thioether (sulfide) groups is 2. The summed E-state index contributed by atoms with van der Waals surface area (Å²) in [5.74, 6) is -0.0313. The fraction of sp³-hybridized carbons (Fsp3) is 0.381. The highest BCUT2D eigenvalue weighted by molar-refractivity contribution is 8.00. The van der Waals surface area contributed by atoms with Crippen molar-refractivity contribution < 1.29 is 4.79 Å². The predicted octanol–water partition coefficient (Wildman–Crippen LogP) is 3.67. The first-order valence-corrected chi connectivity index (χ1v) is 12.8. The molecule has 1 amide bonds. The fourth-order valence-electron chi connectivity index (χ4n) is 3.26. The lowest BCUT2D eigenvalue weighted by atomic mass is 10.1. The Hall–Kier alpha value is -2.17. The lowest BCUT2D eigenvalue weighted by Crippen LogP contribution is -2.27. The molecule has 3 aromatic rings. The van der Waals surface area contributed by atoms with Crippen LogP contribution in [-0.4, -0.2) is 36.7 Å². The van der Waals surface area contributed by atoms with Crippen molar-refractivity contribution in [3.63, 3.8) is 0 Å². The molecule has 0 saturated carbocycles. The van der Waals surface area contributed by atoms with Crippen LogP contribution in [0.4, 0.5) is 5.13 Å². The number of carbonyl (C=O) groups excluding carboxylic acids is 1. The molecule has 1 atom stereocenters. The lowest BCUT2D eigenvalue weighted by Gasteiger charge is -2.13. The maximum absolute atomic E-state index is 13.2. The van der Waals surface area contributed by atoms with Crippen LogP contribution in [0.25, 0.3) is 0 Å². The van der Waals surface area contributed by atoms with Gasteiger partial charge in [-0.3, -0.25) is 19.5 Å². The second kappa shape index (κ2) is 9.97. The SMILES string of the molecule is CCc1nnc(NC(=O)CSc2nc3c(c(=O)n2CCc2ccccc2)S[C@H](C)C3)s1. The van der Waals surface area contributed by atoms with E-state index < -0.39 is 0 Å². The van der Waals surface area contributed by atoms with E-state index in [2.05, 4.69) is 34.6 Å². The van der Waals surface area contributed by atoms with Crippen molar-refractivity contribution in [2.75, 3.05) is 11.1 Å².